The van der Waals surface area contributed by atoms with Crippen LogP contribution in [0.2, 0.25) is 0 Å². The predicted molar refractivity (Wildman–Crippen MR) is 68.3 cm³/mol. The molecule has 0 radical (unpaired) electrons. The quantitative estimate of drug-likeness (QED) is 0.663. The van der Waals surface area contributed by atoms with Crippen molar-refractivity contribution in [3.63, 3.8) is 0 Å². The van der Waals surface area contributed by atoms with Crippen LogP contribution in [0.15, 0.2) is 0 Å². The molecule has 3 N–H and O–H groups in total. The molecule has 0 aromatic carbocycles. The van der Waals surface area contributed by atoms with Gasteiger partial charge < -0.3 is 10.4 Å². The van der Waals surface area contributed by atoms with Crippen LogP contribution in [0, 0.1) is 0 Å². The normalized spacial score (nSPS) is 27.1. The zero-order chi connectivity index (χ0) is 13.1. The first-order chi connectivity index (χ1) is 7.70. The number of hydrogen-bond donors (Lipinski definition) is 3. The summed E-state index contributed by atoms with van der Waals surface area (Å²) in [5.41, 5.74) is -0.537. The second kappa shape index (κ2) is 5.65. The second-order valence-corrected chi connectivity index (χ2v) is 7.35. The van der Waals surface area contributed by atoms with Crippen molar-refractivity contribution in [2.75, 3.05) is 12.8 Å². The molecule has 0 saturated heterocycles. The van der Waals surface area contributed by atoms with Crippen LogP contribution in [0.5, 0.6) is 0 Å². The minimum absolute atomic E-state index is 0.0874. The molecule has 0 unspecified atom stereocenters. The Bertz CT molecular complexity index is 341. The summed E-state index contributed by atoms with van der Waals surface area (Å²) in [6.07, 6.45) is 4.83. The molecule has 6 heteroatoms. The highest BCUT2D eigenvalue weighted by atomic mass is 32.2. The largest absolute Gasteiger partial charge is 0.392 e. The van der Waals surface area contributed by atoms with Crippen molar-refractivity contribution >= 4 is 10.0 Å². The molecule has 1 aliphatic carbocycles. The van der Waals surface area contributed by atoms with Gasteiger partial charge in [-0.2, -0.15) is 0 Å². The number of nitrogens with one attached hydrogen (secondary N) is 2. The summed E-state index contributed by atoms with van der Waals surface area (Å²) in [6, 6.07) is 0.0874. The smallest absolute Gasteiger partial charge is 0.209 e. The number of aliphatic hydroxyl groups excluding tert-OH is 1. The summed E-state index contributed by atoms with van der Waals surface area (Å²) in [4.78, 5) is 0. The highest BCUT2D eigenvalue weighted by Crippen LogP contribution is 2.18. The van der Waals surface area contributed by atoms with E-state index in [9.17, 15) is 13.5 Å². The number of hydrogen-bond acceptors (Lipinski definition) is 4. The predicted octanol–water partition coefficient (Wildman–Crippen LogP) is 0.207. The number of rotatable bonds is 5. The van der Waals surface area contributed by atoms with Gasteiger partial charge in [0.05, 0.1) is 12.4 Å². The third-order valence-electron chi connectivity index (χ3n) is 3.00. The van der Waals surface area contributed by atoms with Crippen LogP contribution in [0.1, 0.15) is 39.5 Å². The first-order valence-corrected chi connectivity index (χ1v) is 7.99. The van der Waals surface area contributed by atoms with Crippen molar-refractivity contribution in [2.45, 2.75) is 57.2 Å². The molecule has 0 spiro atoms. The van der Waals surface area contributed by atoms with Crippen LogP contribution in [-0.2, 0) is 10.0 Å². The van der Waals surface area contributed by atoms with Crippen molar-refractivity contribution in [1.29, 1.82) is 0 Å². The average molecular weight is 264 g/mol. The van der Waals surface area contributed by atoms with Gasteiger partial charge in [0.1, 0.15) is 0 Å². The van der Waals surface area contributed by atoms with Gasteiger partial charge in [0.15, 0.2) is 0 Å². The Kier molecular flexibility index (Phi) is 4.95. The minimum atomic E-state index is -3.20. The Labute approximate surface area is 104 Å². The fourth-order valence-electron chi connectivity index (χ4n) is 2.27. The number of aliphatic hydroxyl groups is 1. The molecule has 1 aliphatic rings. The van der Waals surface area contributed by atoms with Crippen LogP contribution < -0.4 is 10.0 Å². The summed E-state index contributed by atoms with van der Waals surface area (Å²) in [6.45, 7) is 4.17. The van der Waals surface area contributed by atoms with E-state index in [2.05, 4.69) is 10.0 Å². The van der Waals surface area contributed by atoms with Gasteiger partial charge in [-0.1, -0.05) is 12.8 Å². The Balaban J connectivity index is 2.43. The van der Waals surface area contributed by atoms with Crippen molar-refractivity contribution in [2.24, 2.45) is 0 Å². The zero-order valence-corrected chi connectivity index (χ0v) is 11.7. The molecule has 0 aromatic heterocycles. The van der Waals surface area contributed by atoms with Crippen LogP contribution in [0.25, 0.3) is 0 Å². The molecule has 0 bridgehead atoms. The first kappa shape index (κ1) is 14.9. The van der Waals surface area contributed by atoms with Crippen LogP contribution in [0.3, 0.4) is 0 Å². The SMILES string of the molecule is CC(C)(CN[C@@H]1CCCC[C@H]1O)NS(C)(=O)=O. The molecule has 0 aromatic rings. The fourth-order valence-corrected chi connectivity index (χ4v) is 3.35. The molecule has 1 fully saturated rings. The molecular formula is C11H24N2O3S. The Morgan fingerprint density at radius 1 is 1.29 bits per heavy atom. The lowest BCUT2D eigenvalue weighted by atomic mass is 9.92. The minimum Gasteiger partial charge on any atom is -0.392 e. The molecule has 5 nitrogen and oxygen atoms in total. The summed E-state index contributed by atoms with van der Waals surface area (Å²) < 4.78 is 24.9. The van der Waals surface area contributed by atoms with Crippen molar-refractivity contribution in [3.8, 4) is 0 Å². The molecule has 1 rings (SSSR count). The average Bonchev–Trinajstić information content (AvgIpc) is 2.13. The third-order valence-corrected chi connectivity index (χ3v) is 3.92. The lowest BCUT2D eigenvalue weighted by Gasteiger charge is -2.33. The number of sulfonamides is 1. The molecule has 2 atom stereocenters. The molecule has 0 heterocycles. The van der Waals surface area contributed by atoms with E-state index in [1.54, 1.807) is 0 Å². The maximum Gasteiger partial charge on any atom is 0.209 e. The second-order valence-electron chi connectivity index (χ2n) is 5.60. The molecule has 1 saturated carbocycles. The summed E-state index contributed by atoms with van der Waals surface area (Å²) >= 11 is 0. The molecule has 17 heavy (non-hydrogen) atoms. The van der Waals surface area contributed by atoms with Gasteiger partial charge in [0.25, 0.3) is 0 Å². The zero-order valence-electron chi connectivity index (χ0n) is 10.9. The van der Waals surface area contributed by atoms with Gasteiger partial charge in [0, 0.05) is 18.1 Å². The van der Waals surface area contributed by atoms with E-state index in [4.69, 9.17) is 0 Å². The monoisotopic (exact) mass is 264 g/mol. The molecular weight excluding hydrogens is 240 g/mol. The van der Waals surface area contributed by atoms with Gasteiger partial charge in [-0.05, 0) is 26.7 Å². The van der Waals surface area contributed by atoms with Crippen molar-refractivity contribution in [3.05, 3.63) is 0 Å². The van der Waals surface area contributed by atoms with E-state index in [0.717, 1.165) is 31.9 Å². The van der Waals surface area contributed by atoms with Gasteiger partial charge in [-0.15, -0.1) is 0 Å². The Morgan fingerprint density at radius 3 is 2.41 bits per heavy atom. The lowest BCUT2D eigenvalue weighted by molar-refractivity contribution is 0.0882. The summed E-state index contributed by atoms with van der Waals surface area (Å²) in [5, 5.41) is 13.1. The molecule has 102 valence electrons. The van der Waals surface area contributed by atoms with E-state index < -0.39 is 15.6 Å². The topological polar surface area (TPSA) is 78.4 Å². The Morgan fingerprint density at radius 2 is 1.88 bits per heavy atom. The van der Waals surface area contributed by atoms with E-state index in [-0.39, 0.29) is 12.1 Å². The first-order valence-electron chi connectivity index (χ1n) is 6.10. The standard InChI is InChI=1S/C11H24N2O3S/c1-11(2,13-17(3,15)16)8-12-9-6-4-5-7-10(9)14/h9-10,12-14H,4-8H2,1-3H3/t9-,10-/m1/s1. The lowest BCUT2D eigenvalue weighted by Crippen LogP contribution is -2.54. The van der Waals surface area contributed by atoms with Gasteiger partial charge in [-0.25, -0.2) is 13.1 Å². The third kappa shape index (κ3) is 5.81. The van der Waals surface area contributed by atoms with Gasteiger partial charge in [-0.3, -0.25) is 0 Å². The highest BCUT2D eigenvalue weighted by molar-refractivity contribution is 7.88. The molecule has 0 amide bonds. The maximum absolute atomic E-state index is 11.2. The van der Waals surface area contributed by atoms with Crippen molar-refractivity contribution < 1.29 is 13.5 Å². The van der Waals surface area contributed by atoms with E-state index in [0.29, 0.717) is 6.54 Å². The maximum atomic E-state index is 11.2. The molecule has 0 aliphatic heterocycles. The van der Waals surface area contributed by atoms with Crippen molar-refractivity contribution in [1.82, 2.24) is 10.0 Å². The van der Waals surface area contributed by atoms with E-state index in [1.807, 2.05) is 13.8 Å². The Hall–Kier alpha value is -0.170. The van der Waals surface area contributed by atoms with Gasteiger partial charge >= 0.3 is 0 Å². The van der Waals surface area contributed by atoms with Crippen LogP contribution >= 0.6 is 0 Å². The van der Waals surface area contributed by atoms with E-state index >= 15 is 0 Å². The highest BCUT2D eigenvalue weighted by Gasteiger charge is 2.27. The van der Waals surface area contributed by atoms with Gasteiger partial charge in [0.2, 0.25) is 10.0 Å². The van der Waals surface area contributed by atoms with Crippen LogP contribution in [-0.4, -0.2) is 44.0 Å². The summed E-state index contributed by atoms with van der Waals surface area (Å²) in [5.74, 6) is 0. The summed E-state index contributed by atoms with van der Waals surface area (Å²) in [7, 11) is -3.20. The van der Waals surface area contributed by atoms with Crippen LogP contribution in [0.4, 0.5) is 0 Å². The van der Waals surface area contributed by atoms with E-state index in [1.165, 1.54) is 0 Å². The fraction of sp³-hybridized carbons (Fsp3) is 1.00.